The van der Waals surface area contributed by atoms with E-state index in [1.54, 1.807) is 19.2 Å². The van der Waals surface area contributed by atoms with Crippen molar-refractivity contribution in [1.29, 1.82) is 0 Å². The zero-order valence-electron chi connectivity index (χ0n) is 11.2. The van der Waals surface area contributed by atoms with Crippen molar-refractivity contribution in [3.05, 3.63) is 23.8 Å². The number of carbonyl (C=O) groups excluding carboxylic acids is 1. The lowest BCUT2D eigenvalue weighted by atomic mass is 10.2. The number of ether oxygens (including phenoxy) is 2. The second kappa shape index (κ2) is 5.62. The second-order valence-electron chi connectivity index (χ2n) is 4.93. The van der Waals surface area contributed by atoms with E-state index in [1.807, 2.05) is 26.8 Å². The van der Waals surface area contributed by atoms with E-state index in [0.29, 0.717) is 18.0 Å². The monoisotopic (exact) mass is 252 g/mol. The van der Waals surface area contributed by atoms with Crippen LogP contribution in [0, 0.1) is 0 Å². The zero-order valence-corrected chi connectivity index (χ0v) is 11.2. The number of nitrogens with two attached hydrogens (primary N) is 1. The summed E-state index contributed by atoms with van der Waals surface area (Å²) in [6, 6.07) is 5.28. The van der Waals surface area contributed by atoms with E-state index in [4.69, 9.17) is 15.2 Å². The summed E-state index contributed by atoms with van der Waals surface area (Å²) in [4.78, 5) is 11.5. The first-order valence-electron chi connectivity index (χ1n) is 5.71. The van der Waals surface area contributed by atoms with E-state index in [0.717, 1.165) is 5.56 Å². The third kappa shape index (κ3) is 4.53. The molecule has 100 valence electrons. The maximum Gasteiger partial charge on any atom is 0.407 e. The maximum atomic E-state index is 11.5. The molecule has 0 aliphatic rings. The average Bonchev–Trinajstić information content (AvgIpc) is 2.24. The lowest BCUT2D eigenvalue weighted by molar-refractivity contribution is 0.0523. The quantitative estimate of drug-likeness (QED) is 0.809. The molecule has 0 bridgehead atoms. The number of hydrogen-bond donors (Lipinski definition) is 2. The molecule has 0 atom stereocenters. The van der Waals surface area contributed by atoms with Crippen LogP contribution in [0.4, 0.5) is 10.5 Å². The van der Waals surface area contributed by atoms with E-state index >= 15 is 0 Å². The summed E-state index contributed by atoms with van der Waals surface area (Å²) in [5, 5.41) is 2.67. The Bertz CT molecular complexity index is 425. The van der Waals surface area contributed by atoms with Crippen LogP contribution in [-0.4, -0.2) is 18.8 Å². The minimum Gasteiger partial charge on any atom is -0.496 e. The van der Waals surface area contributed by atoms with Gasteiger partial charge in [0.05, 0.1) is 7.11 Å². The minimum absolute atomic E-state index is 0.332. The lowest BCUT2D eigenvalue weighted by Crippen LogP contribution is -2.32. The average molecular weight is 252 g/mol. The third-order valence-corrected chi connectivity index (χ3v) is 2.13. The standard InChI is InChI=1S/C13H20N2O3/c1-13(2,3)18-12(16)15-8-9-5-6-10(14)7-11(9)17-4/h5-7H,8,14H2,1-4H3,(H,15,16). The van der Waals surface area contributed by atoms with Crippen LogP contribution in [0.1, 0.15) is 26.3 Å². The van der Waals surface area contributed by atoms with Gasteiger partial charge >= 0.3 is 6.09 Å². The molecule has 5 nitrogen and oxygen atoms in total. The highest BCUT2D eigenvalue weighted by Gasteiger charge is 2.16. The number of nitrogens with one attached hydrogen (secondary N) is 1. The maximum absolute atomic E-state index is 11.5. The van der Waals surface area contributed by atoms with E-state index < -0.39 is 11.7 Å². The van der Waals surface area contributed by atoms with Gasteiger partial charge in [-0.25, -0.2) is 4.79 Å². The molecule has 0 fully saturated rings. The first-order chi connectivity index (χ1) is 8.31. The van der Waals surface area contributed by atoms with Crippen molar-refractivity contribution in [2.45, 2.75) is 32.9 Å². The third-order valence-electron chi connectivity index (χ3n) is 2.13. The van der Waals surface area contributed by atoms with E-state index in [-0.39, 0.29) is 0 Å². The first-order valence-corrected chi connectivity index (χ1v) is 5.71. The van der Waals surface area contributed by atoms with E-state index in [9.17, 15) is 4.79 Å². The van der Waals surface area contributed by atoms with Crippen molar-refractivity contribution in [1.82, 2.24) is 5.32 Å². The Kier molecular flexibility index (Phi) is 4.42. The summed E-state index contributed by atoms with van der Waals surface area (Å²) >= 11 is 0. The number of amides is 1. The fraction of sp³-hybridized carbons (Fsp3) is 0.462. The van der Waals surface area contributed by atoms with Crippen LogP contribution in [-0.2, 0) is 11.3 Å². The van der Waals surface area contributed by atoms with Gasteiger partial charge in [-0.2, -0.15) is 0 Å². The summed E-state index contributed by atoms with van der Waals surface area (Å²) < 4.78 is 10.3. The molecule has 0 heterocycles. The fourth-order valence-corrected chi connectivity index (χ4v) is 1.39. The fourth-order valence-electron chi connectivity index (χ4n) is 1.39. The Morgan fingerprint density at radius 3 is 2.61 bits per heavy atom. The van der Waals surface area contributed by atoms with Crippen LogP contribution in [0.25, 0.3) is 0 Å². The molecule has 0 saturated heterocycles. The van der Waals surface area contributed by atoms with Gasteiger partial charge in [-0.3, -0.25) is 0 Å². The van der Waals surface area contributed by atoms with Crippen molar-refractivity contribution in [3.63, 3.8) is 0 Å². The van der Waals surface area contributed by atoms with Gasteiger partial charge in [0.15, 0.2) is 0 Å². The Morgan fingerprint density at radius 1 is 1.39 bits per heavy atom. The lowest BCUT2D eigenvalue weighted by Gasteiger charge is -2.20. The second-order valence-corrected chi connectivity index (χ2v) is 4.93. The number of anilines is 1. The molecule has 1 rings (SSSR count). The summed E-state index contributed by atoms with van der Waals surface area (Å²) in [7, 11) is 1.56. The van der Waals surface area contributed by atoms with Gasteiger partial charge in [0, 0.05) is 23.9 Å². The molecule has 1 aromatic rings. The number of alkyl carbamates (subject to hydrolysis) is 1. The van der Waals surface area contributed by atoms with E-state index in [1.165, 1.54) is 0 Å². The Morgan fingerprint density at radius 2 is 2.06 bits per heavy atom. The van der Waals surface area contributed by atoms with Crippen LogP contribution in [0.2, 0.25) is 0 Å². The Hall–Kier alpha value is -1.91. The van der Waals surface area contributed by atoms with Crippen molar-refractivity contribution in [3.8, 4) is 5.75 Å². The largest absolute Gasteiger partial charge is 0.496 e. The molecule has 0 unspecified atom stereocenters. The first kappa shape index (κ1) is 14.2. The smallest absolute Gasteiger partial charge is 0.407 e. The van der Waals surface area contributed by atoms with Gasteiger partial charge in [0.2, 0.25) is 0 Å². The molecular weight excluding hydrogens is 232 g/mol. The summed E-state index contributed by atoms with van der Waals surface area (Å²) in [6.45, 7) is 5.78. The molecule has 0 saturated carbocycles. The Balaban J connectivity index is 2.61. The van der Waals surface area contributed by atoms with Gasteiger partial charge in [0.25, 0.3) is 0 Å². The highest BCUT2D eigenvalue weighted by Crippen LogP contribution is 2.21. The topological polar surface area (TPSA) is 73.6 Å². The minimum atomic E-state index is -0.505. The summed E-state index contributed by atoms with van der Waals surface area (Å²) in [5.41, 5.74) is 6.61. The zero-order chi connectivity index (χ0) is 13.8. The molecule has 0 aromatic heterocycles. The van der Waals surface area contributed by atoms with Gasteiger partial charge in [0.1, 0.15) is 11.4 Å². The number of rotatable bonds is 3. The van der Waals surface area contributed by atoms with Gasteiger partial charge in [-0.05, 0) is 26.8 Å². The SMILES string of the molecule is COc1cc(N)ccc1CNC(=O)OC(C)(C)C. The molecule has 1 amide bonds. The molecule has 0 aliphatic carbocycles. The van der Waals surface area contributed by atoms with Crippen LogP contribution in [0.15, 0.2) is 18.2 Å². The number of hydrogen-bond acceptors (Lipinski definition) is 4. The number of carbonyl (C=O) groups is 1. The number of nitrogen functional groups attached to an aromatic ring is 1. The molecule has 3 N–H and O–H groups in total. The predicted molar refractivity (Wildman–Crippen MR) is 70.5 cm³/mol. The summed E-state index contributed by atoms with van der Waals surface area (Å²) in [5.74, 6) is 0.644. The van der Waals surface area contributed by atoms with E-state index in [2.05, 4.69) is 5.32 Å². The number of benzene rings is 1. The van der Waals surface area contributed by atoms with Crippen molar-refractivity contribution in [2.75, 3.05) is 12.8 Å². The molecule has 5 heteroatoms. The normalized spacial score (nSPS) is 10.9. The predicted octanol–water partition coefficient (Wildman–Crippen LogP) is 2.30. The van der Waals surface area contributed by atoms with Gasteiger partial charge in [-0.15, -0.1) is 0 Å². The molecule has 1 aromatic carbocycles. The number of methoxy groups -OCH3 is 1. The van der Waals surface area contributed by atoms with Crippen LogP contribution < -0.4 is 15.8 Å². The van der Waals surface area contributed by atoms with Crippen LogP contribution >= 0.6 is 0 Å². The molecule has 0 spiro atoms. The van der Waals surface area contributed by atoms with Gasteiger partial charge < -0.3 is 20.5 Å². The van der Waals surface area contributed by atoms with Crippen LogP contribution in [0.5, 0.6) is 5.75 Å². The van der Waals surface area contributed by atoms with Crippen molar-refractivity contribution < 1.29 is 14.3 Å². The molecule has 0 aliphatic heterocycles. The summed E-state index contributed by atoms with van der Waals surface area (Å²) in [6.07, 6.45) is -0.457. The van der Waals surface area contributed by atoms with Crippen molar-refractivity contribution in [2.24, 2.45) is 0 Å². The Labute approximate surface area is 107 Å². The van der Waals surface area contributed by atoms with Crippen LogP contribution in [0.3, 0.4) is 0 Å². The molecule has 0 radical (unpaired) electrons. The molecular formula is C13H20N2O3. The van der Waals surface area contributed by atoms with Crippen molar-refractivity contribution >= 4 is 11.8 Å². The highest BCUT2D eigenvalue weighted by molar-refractivity contribution is 5.68. The molecule has 18 heavy (non-hydrogen) atoms. The van der Waals surface area contributed by atoms with Gasteiger partial charge in [-0.1, -0.05) is 6.07 Å². The highest BCUT2D eigenvalue weighted by atomic mass is 16.6.